The number of aromatic nitrogens is 2. The van der Waals surface area contributed by atoms with Crippen molar-refractivity contribution in [2.45, 2.75) is 23.0 Å². The summed E-state index contributed by atoms with van der Waals surface area (Å²) in [7, 11) is -3.47. The minimum atomic E-state index is -3.47. The van der Waals surface area contributed by atoms with Crippen molar-refractivity contribution in [1.29, 1.82) is 0 Å². The van der Waals surface area contributed by atoms with E-state index in [9.17, 15) is 8.42 Å². The number of hydrogen-bond acceptors (Lipinski definition) is 6. The normalized spacial score (nSPS) is 18.9. The number of thiophene rings is 1. The number of benzene rings is 1. The first-order valence-electron chi connectivity index (χ1n) is 8.17. The molecular formula is C17H16ClN3O3S2. The van der Waals surface area contributed by atoms with E-state index < -0.39 is 10.0 Å². The summed E-state index contributed by atoms with van der Waals surface area (Å²) in [6.45, 7) is 0.851. The quantitative estimate of drug-likeness (QED) is 0.650. The zero-order chi connectivity index (χ0) is 18.1. The van der Waals surface area contributed by atoms with Crippen LogP contribution in [0.5, 0.6) is 0 Å². The van der Waals surface area contributed by atoms with E-state index in [4.69, 9.17) is 16.1 Å². The lowest BCUT2D eigenvalue weighted by Crippen LogP contribution is -2.38. The van der Waals surface area contributed by atoms with E-state index in [0.717, 1.165) is 18.4 Å². The van der Waals surface area contributed by atoms with E-state index in [2.05, 4.69) is 10.1 Å². The fourth-order valence-electron chi connectivity index (χ4n) is 3.05. The molecule has 1 aliphatic rings. The fraction of sp³-hybridized carbons (Fsp3) is 0.294. The topological polar surface area (TPSA) is 76.3 Å². The van der Waals surface area contributed by atoms with E-state index >= 15 is 0 Å². The molecule has 0 radical (unpaired) electrons. The Kier molecular flexibility index (Phi) is 4.83. The van der Waals surface area contributed by atoms with Gasteiger partial charge in [0, 0.05) is 23.7 Å². The van der Waals surface area contributed by atoms with E-state index in [-0.39, 0.29) is 5.92 Å². The predicted octanol–water partition coefficient (Wildman–Crippen LogP) is 4.02. The molecule has 1 fully saturated rings. The SMILES string of the molecule is O=S(=O)(c1cccs1)N1CCC[C@H](c2nc(-c3cccc(Cl)c3)no2)C1. The highest BCUT2D eigenvalue weighted by Crippen LogP contribution is 2.31. The van der Waals surface area contributed by atoms with Crippen LogP contribution in [0.2, 0.25) is 5.02 Å². The lowest BCUT2D eigenvalue weighted by Gasteiger charge is -2.29. The van der Waals surface area contributed by atoms with Gasteiger partial charge in [-0.2, -0.15) is 9.29 Å². The smallest absolute Gasteiger partial charge is 0.252 e. The number of rotatable bonds is 4. The molecule has 0 N–H and O–H groups in total. The molecule has 0 aliphatic carbocycles. The molecular weight excluding hydrogens is 394 g/mol. The highest BCUT2D eigenvalue weighted by molar-refractivity contribution is 7.91. The fourth-order valence-corrected chi connectivity index (χ4v) is 5.90. The van der Waals surface area contributed by atoms with Gasteiger partial charge >= 0.3 is 0 Å². The third kappa shape index (κ3) is 3.42. The summed E-state index contributed by atoms with van der Waals surface area (Å²) in [5.41, 5.74) is 0.770. The summed E-state index contributed by atoms with van der Waals surface area (Å²) in [6, 6.07) is 10.6. The summed E-state index contributed by atoms with van der Waals surface area (Å²) in [5.74, 6) is 0.811. The highest BCUT2D eigenvalue weighted by atomic mass is 35.5. The van der Waals surface area contributed by atoms with E-state index in [0.29, 0.717) is 34.0 Å². The molecule has 0 saturated carbocycles. The summed E-state index contributed by atoms with van der Waals surface area (Å²) >= 11 is 7.24. The molecule has 1 aromatic carbocycles. The van der Waals surface area contributed by atoms with Crippen LogP contribution in [0.25, 0.3) is 11.4 Å². The Morgan fingerprint density at radius 2 is 2.15 bits per heavy atom. The molecule has 136 valence electrons. The maximum absolute atomic E-state index is 12.7. The summed E-state index contributed by atoms with van der Waals surface area (Å²) < 4.78 is 32.8. The Morgan fingerprint density at radius 1 is 1.27 bits per heavy atom. The van der Waals surface area contributed by atoms with E-state index in [1.54, 1.807) is 29.6 Å². The second kappa shape index (κ2) is 7.11. The van der Waals surface area contributed by atoms with Crippen LogP contribution >= 0.6 is 22.9 Å². The van der Waals surface area contributed by atoms with Crippen LogP contribution < -0.4 is 0 Å². The van der Waals surface area contributed by atoms with Crippen molar-refractivity contribution >= 4 is 33.0 Å². The molecule has 1 saturated heterocycles. The van der Waals surface area contributed by atoms with E-state index in [1.807, 2.05) is 12.1 Å². The van der Waals surface area contributed by atoms with Gasteiger partial charge in [-0.25, -0.2) is 8.42 Å². The molecule has 9 heteroatoms. The molecule has 3 aromatic rings. The molecule has 4 rings (SSSR count). The molecule has 6 nitrogen and oxygen atoms in total. The Bertz CT molecular complexity index is 1000. The molecule has 0 unspecified atom stereocenters. The van der Waals surface area contributed by atoms with Crippen LogP contribution in [0.1, 0.15) is 24.7 Å². The molecule has 1 atom stereocenters. The summed E-state index contributed by atoms with van der Waals surface area (Å²) in [5, 5.41) is 6.39. The Balaban J connectivity index is 1.56. The van der Waals surface area contributed by atoms with Crippen LogP contribution in [0, 0.1) is 0 Å². The largest absolute Gasteiger partial charge is 0.339 e. The Labute approximate surface area is 160 Å². The lowest BCUT2D eigenvalue weighted by atomic mass is 10.00. The third-order valence-corrected chi connectivity index (χ3v) is 7.82. The number of sulfonamides is 1. The average molecular weight is 410 g/mol. The number of halogens is 1. The van der Waals surface area contributed by atoms with Crippen LogP contribution in [0.4, 0.5) is 0 Å². The molecule has 0 amide bonds. The van der Waals surface area contributed by atoms with Gasteiger partial charge in [0.25, 0.3) is 10.0 Å². The second-order valence-electron chi connectivity index (χ2n) is 6.10. The Hall–Kier alpha value is -1.74. The van der Waals surface area contributed by atoms with Crippen molar-refractivity contribution in [3.63, 3.8) is 0 Å². The van der Waals surface area contributed by atoms with Crippen molar-refractivity contribution in [1.82, 2.24) is 14.4 Å². The van der Waals surface area contributed by atoms with Crippen molar-refractivity contribution in [3.8, 4) is 11.4 Å². The first kappa shape index (κ1) is 17.7. The molecule has 2 aromatic heterocycles. The van der Waals surface area contributed by atoms with Crippen LogP contribution in [0.3, 0.4) is 0 Å². The van der Waals surface area contributed by atoms with Gasteiger partial charge < -0.3 is 4.52 Å². The highest BCUT2D eigenvalue weighted by Gasteiger charge is 2.33. The van der Waals surface area contributed by atoms with Crippen LogP contribution in [0.15, 0.2) is 50.5 Å². The van der Waals surface area contributed by atoms with Crippen LogP contribution in [-0.4, -0.2) is 36.0 Å². The molecule has 26 heavy (non-hydrogen) atoms. The zero-order valence-electron chi connectivity index (χ0n) is 13.7. The predicted molar refractivity (Wildman–Crippen MR) is 99.8 cm³/mol. The van der Waals surface area contributed by atoms with Gasteiger partial charge in [-0.15, -0.1) is 11.3 Å². The standard InChI is InChI=1S/C17H16ClN3O3S2/c18-14-6-1-4-12(10-14)16-19-17(24-20-16)13-5-2-8-21(11-13)26(22,23)15-7-3-9-25-15/h1,3-4,6-7,9-10,13H,2,5,8,11H2/t13-/m0/s1. The van der Waals surface area contributed by atoms with Gasteiger partial charge in [0.15, 0.2) is 0 Å². The lowest BCUT2D eigenvalue weighted by molar-refractivity contribution is 0.266. The van der Waals surface area contributed by atoms with Gasteiger partial charge in [-0.3, -0.25) is 0 Å². The maximum atomic E-state index is 12.7. The first-order chi connectivity index (χ1) is 12.5. The van der Waals surface area contributed by atoms with Crippen molar-refractivity contribution in [2.24, 2.45) is 0 Å². The molecule has 0 spiro atoms. The Morgan fingerprint density at radius 3 is 2.92 bits per heavy atom. The molecule has 3 heterocycles. The minimum absolute atomic E-state index is 0.112. The average Bonchev–Trinajstić information content (AvgIpc) is 3.34. The number of nitrogens with zero attached hydrogens (tertiary/aromatic N) is 3. The molecule has 0 bridgehead atoms. The van der Waals surface area contributed by atoms with Crippen molar-refractivity contribution in [3.05, 3.63) is 52.7 Å². The third-order valence-electron chi connectivity index (χ3n) is 4.35. The number of piperidine rings is 1. The van der Waals surface area contributed by atoms with Crippen molar-refractivity contribution < 1.29 is 12.9 Å². The van der Waals surface area contributed by atoms with Gasteiger partial charge in [-0.05, 0) is 36.4 Å². The van der Waals surface area contributed by atoms with Gasteiger partial charge in [-0.1, -0.05) is 35.0 Å². The number of hydrogen-bond donors (Lipinski definition) is 0. The second-order valence-corrected chi connectivity index (χ2v) is 9.65. The van der Waals surface area contributed by atoms with Gasteiger partial charge in [0.1, 0.15) is 4.21 Å². The first-order valence-corrected chi connectivity index (χ1v) is 10.9. The summed E-state index contributed by atoms with van der Waals surface area (Å²) in [4.78, 5) is 4.47. The zero-order valence-corrected chi connectivity index (χ0v) is 16.1. The van der Waals surface area contributed by atoms with Crippen molar-refractivity contribution in [2.75, 3.05) is 13.1 Å². The molecule has 1 aliphatic heterocycles. The maximum Gasteiger partial charge on any atom is 0.252 e. The minimum Gasteiger partial charge on any atom is -0.339 e. The van der Waals surface area contributed by atoms with Crippen LogP contribution in [-0.2, 0) is 10.0 Å². The monoisotopic (exact) mass is 409 g/mol. The van der Waals surface area contributed by atoms with Gasteiger partial charge in [0.2, 0.25) is 11.7 Å². The van der Waals surface area contributed by atoms with E-state index in [1.165, 1.54) is 15.6 Å². The van der Waals surface area contributed by atoms with Gasteiger partial charge in [0.05, 0.1) is 5.92 Å². The summed E-state index contributed by atoms with van der Waals surface area (Å²) in [6.07, 6.45) is 1.57.